The Labute approximate surface area is 149 Å². The molecular formula is C19H16N4O3. The van der Waals surface area contributed by atoms with Crippen LogP contribution in [0.5, 0.6) is 5.75 Å². The number of aromatic nitrogens is 4. The van der Waals surface area contributed by atoms with E-state index in [0.29, 0.717) is 11.3 Å². The molecule has 26 heavy (non-hydrogen) atoms. The third-order valence-electron chi connectivity index (χ3n) is 4.23. The Morgan fingerprint density at radius 2 is 1.88 bits per heavy atom. The van der Waals surface area contributed by atoms with Crippen LogP contribution in [0, 0.1) is 13.8 Å². The lowest BCUT2D eigenvalue weighted by atomic mass is 10.0. The molecule has 7 nitrogen and oxygen atoms in total. The van der Waals surface area contributed by atoms with Gasteiger partial charge in [-0.15, -0.1) is 5.10 Å². The van der Waals surface area contributed by atoms with Gasteiger partial charge in [-0.2, -0.15) is 0 Å². The second-order valence-electron chi connectivity index (χ2n) is 6.03. The summed E-state index contributed by atoms with van der Waals surface area (Å²) in [6.45, 7) is 3.76. The number of hydrogen-bond acceptors (Lipinski definition) is 6. The van der Waals surface area contributed by atoms with Crippen molar-refractivity contribution < 1.29 is 14.1 Å². The van der Waals surface area contributed by atoms with Crippen LogP contribution in [0.1, 0.15) is 21.8 Å². The molecule has 0 aliphatic rings. The predicted octanol–water partition coefficient (Wildman–Crippen LogP) is 3.46. The summed E-state index contributed by atoms with van der Waals surface area (Å²) in [6, 6.07) is 12.4. The first kappa shape index (κ1) is 16.0. The topological polar surface area (TPSA) is 83.0 Å². The normalized spacial score (nSPS) is 11.0. The van der Waals surface area contributed by atoms with Crippen molar-refractivity contribution in [2.24, 2.45) is 7.05 Å². The van der Waals surface area contributed by atoms with Crippen LogP contribution in [0.15, 0.2) is 47.0 Å². The van der Waals surface area contributed by atoms with E-state index in [1.54, 1.807) is 42.1 Å². The first-order valence-electron chi connectivity index (χ1n) is 8.08. The molecule has 0 saturated heterocycles. The minimum absolute atomic E-state index is 0.432. The standard InChI is InChI=1S/C19H16N4O3/c1-11-18(12(2)26-21-11)13-4-7-15(8-5-13)25-19(24)14-6-9-16-17(10-14)23(3)22-20-16/h4-10H,1-3H3. The maximum atomic E-state index is 12.4. The lowest BCUT2D eigenvalue weighted by Crippen LogP contribution is -2.08. The van der Waals surface area contributed by atoms with Crippen molar-refractivity contribution in [1.82, 2.24) is 20.2 Å². The molecule has 130 valence electrons. The molecule has 0 saturated carbocycles. The van der Waals surface area contributed by atoms with E-state index in [1.807, 2.05) is 26.0 Å². The van der Waals surface area contributed by atoms with Crippen LogP contribution in [0.2, 0.25) is 0 Å². The van der Waals surface area contributed by atoms with E-state index >= 15 is 0 Å². The van der Waals surface area contributed by atoms with Crippen molar-refractivity contribution in [2.45, 2.75) is 13.8 Å². The van der Waals surface area contributed by atoms with Gasteiger partial charge in [0.2, 0.25) is 0 Å². The molecular weight excluding hydrogens is 332 g/mol. The van der Waals surface area contributed by atoms with E-state index in [2.05, 4.69) is 15.5 Å². The minimum atomic E-state index is -0.432. The molecule has 0 unspecified atom stereocenters. The van der Waals surface area contributed by atoms with E-state index in [1.165, 1.54) is 0 Å². The molecule has 4 aromatic rings. The fourth-order valence-corrected chi connectivity index (χ4v) is 2.91. The predicted molar refractivity (Wildman–Crippen MR) is 94.9 cm³/mol. The number of esters is 1. The van der Waals surface area contributed by atoms with Crippen LogP contribution in [-0.4, -0.2) is 26.1 Å². The van der Waals surface area contributed by atoms with Gasteiger partial charge in [-0.1, -0.05) is 22.5 Å². The van der Waals surface area contributed by atoms with Gasteiger partial charge in [-0.25, -0.2) is 9.48 Å². The maximum Gasteiger partial charge on any atom is 0.343 e. The van der Waals surface area contributed by atoms with E-state index in [4.69, 9.17) is 9.26 Å². The molecule has 0 bridgehead atoms. The van der Waals surface area contributed by atoms with Crippen molar-refractivity contribution in [1.29, 1.82) is 0 Å². The number of hydrogen-bond donors (Lipinski definition) is 0. The number of rotatable bonds is 3. The Morgan fingerprint density at radius 3 is 2.58 bits per heavy atom. The Morgan fingerprint density at radius 1 is 1.12 bits per heavy atom. The molecule has 0 aliphatic heterocycles. The molecule has 0 fully saturated rings. The molecule has 0 amide bonds. The first-order chi connectivity index (χ1) is 12.5. The molecule has 0 atom stereocenters. The zero-order chi connectivity index (χ0) is 18.3. The molecule has 4 rings (SSSR count). The lowest BCUT2D eigenvalue weighted by Gasteiger charge is -2.06. The molecule has 0 N–H and O–H groups in total. The van der Waals surface area contributed by atoms with E-state index in [9.17, 15) is 4.79 Å². The van der Waals surface area contributed by atoms with Crippen LogP contribution in [-0.2, 0) is 7.05 Å². The average Bonchev–Trinajstić information content (AvgIpc) is 3.18. The second-order valence-corrected chi connectivity index (χ2v) is 6.03. The van der Waals surface area contributed by atoms with Crippen LogP contribution < -0.4 is 4.74 Å². The summed E-state index contributed by atoms with van der Waals surface area (Å²) in [4.78, 5) is 12.4. The Bertz CT molecular complexity index is 1090. The number of nitrogens with zero attached hydrogens (tertiary/aromatic N) is 4. The SMILES string of the molecule is Cc1noc(C)c1-c1ccc(OC(=O)c2ccc3nnn(C)c3c2)cc1. The summed E-state index contributed by atoms with van der Waals surface area (Å²) in [5.74, 6) is 0.789. The summed E-state index contributed by atoms with van der Waals surface area (Å²) >= 11 is 0. The smallest absolute Gasteiger partial charge is 0.343 e. The summed E-state index contributed by atoms with van der Waals surface area (Å²) < 4.78 is 12.3. The van der Waals surface area contributed by atoms with Gasteiger partial charge < -0.3 is 9.26 Å². The fourth-order valence-electron chi connectivity index (χ4n) is 2.91. The number of aryl methyl sites for hydroxylation is 3. The summed E-state index contributed by atoms with van der Waals surface area (Å²) in [7, 11) is 1.78. The van der Waals surface area contributed by atoms with Crippen molar-refractivity contribution in [3.05, 3.63) is 59.5 Å². The highest BCUT2D eigenvalue weighted by Gasteiger charge is 2.14. The highest BCUT2D eigenvalue weighted by atomic mass is 16.5. The van der Waals surface area contributed by atoms with Gasteiger partial charge in [-0.3, -0.25) is 0 Å². The van der Waals surface area contributed by atoms with Crippen LogP contribution in [0.25, 0.3) is 22.2 Å². The summed E-state index contributed by atoms with van der Waals surface area (Å²) in [6.07, 6.45) is 0. The molecule has 2 heterocycles. The molecule has 0 spiro atoms. The van der Waals surface area contributed by atoms with Gasteiger partial charge in [0, 0.05) is 12.6 Å². The van der Waals surface area contributed by atoms with Crippen LogP contribution in [0.4, 0.5) is 0 Å². The number of benzene rings is 2. The first-order valence-corrected chi connectivity index (χ1v) is 8.08. The second kappa shape index (κ2) is 6.11. The molecule has 0 aliphatic carbocycles. The van der Waals surface area contributed by atoms with Crippen molar-refractivity contribution in [2.75, 3.05) is 0 Å². The van der Waals surface area contributed by atoms with Crippen LogP contribution >= 0.6 is 0 Å². The van der Waals surface area contributed by atoms with Gasteiger partial charge in [0.05, 0.1) is 16.8 Å². The zero-order valence-corrected chi connectivity index (χ0v) is 14.6. The van der Waals surface area contributed by atoms with Gasteiger partial charge in [0.1, 0.15) is 17.0 Å². The van der Waals surface area contributed by atoms with Crippen molar-refractivity contribution in [3.8, 4) is 16.9 Å². The maximum absolute atomic E-state index is 12.4. The van der Waals surface area contributed by atoms with E-state index in [-0.39, 0.29) is 0 Å². The third kappa shape index (κ3) is 2.73. The molecule has 0 radical (unpaired) electrons. The fraction of sp³-hybridized carbons (Fsp3) is 0.158. The van der Waals surface area contributed by atoms with Gasteiger partial charge in [0.25, 0.3) is 0 Å². The quantitative estimate of drug-likeness (QED) is 0.416. The number of carbonyl (C=O) groups is 1. The highest BCUT2D eigenvalue weighted by Crippen LogP contribution is 2.28. The molecule has 2 aromatic heterocycles. The molecule has 2 aromatic carbocycles. The van der Waals surface area contributed by atoms with E-state index < -0.39 is 5.97 Å². The Balaban J connectivity index is 1.56. The van der Waals surface area contributed by atoms with E-state index in [0.717, 1.165) is 33.6 Å². The van der Waals surface area contributed by atoms with Gasteiger partial charge >= 0.3 is 5.97 Å². The zero-order valence-electron chi connectivity index (χ0n) is 14.6. The lowest BCUT2D eigenvalue weighted by molar-refractivity contribution is 0.0735. The van der Waals surface area contributed by atoms with Crippen LogP contribution in [0.3, 0.4) is 0 Å². The summed E-state index contributed by atoms with van der Waals surface area (Å²) in [5.41, 5.74) is 4.68. The average molecular weight is 348 g/mol. The Kier molecular flexibility index (Phi) is 3.76. The summed E-state index contributed by atoms with van der Waals surface area (Å²) in [5, 5.41) is 11.9. The monoisotopic (exact) mass is 348 g/mol. The van der Waals surface area contributed by atoms with Crippen molar-refractivity contribution >= 4 is 17.0 Å². The number of carbonyl (C=O) groups excluding carboxylic acids is 1. The third-order valence-corrected chi connectivity index (χ3v) is 4.23. The number of fused-ring (bicyclic) bond motifs is 1. The number of ether oxygens (including phenoxy) is 1. The van der Waals surface area contributed by atoms with Crippen molar-refractivity contribution in [3.63, 3.8) is 0 Å². The largest absolute Gasteiger partial charge is 0.423 e. The highest BCUT2D eigenvalue weighted by molar-refractivity contribution is 5.94. The van der Waals surface area contributed by atoms with Gasteiger partial charge in [-0.05, 0) is 49.7 Å². The minimum Gasteiger partial charge on any atom is -0.423 e. The molecule has 7 heteroatoms. The van der Waals surface area contributed by atoms with Gasteiger partial charge in [0.15, 0.2) is 0 Å². The Hall–Kier alpha value is -3.48.